The van der Waals surface area contributed by atoms with E-state index in [1.807, 2.05) is 30.3 Å². The number of carbonyl (C=O) groups is 1. The van der Waals surface area contributed by atoms with E-state index in [2.05, 4.69) is 15.6 Å². The average Bonchev–Trinajstić information content (AvgIpc) is 2.69. The van der Waals surface area contributed by atoms with E-state index in [0.717, 1.165) is 11.4 Å². The quantitative estimate of drug-likeness (QED) is 0.750. The molecule has 0 aliphatic carbocycles. The molecule has 2 aromatic carbocycles. The van der Waals surface area contributed by atoms with Gasteiger partial charge in [0.25, 0.3) is 5.91 Å². The third kappa shape index (κ3) is 3.59. The first-order chi connectivity index (χ1) is 12.8. The van der Waals surface area contributed by atoms with E-state index < -0.39 is 0 Å². The van der Waals surface area contributed by atoms with Crippen LogP contribution in [0.15, 0.2) is 67.0 Å². The second-order valence-corrected chi connectivity index (χ2v) is 5.77. The first-order valence-electron chi connectivity index (χ1n) is 8.26. The molecule has 2 heterocycles. The number of para-hydroxylation sites is 1. The Hall–Kier alpha value is -3.54. The van der Waals surface area contributed by atoms with Crippen LogP contribution in [0.4, 0.5) is 17.1 Å². The predicted molar refractivity (Wildman–Crippen MR) is 99.3 cm³/mol. The zero-order valence-electron chi connectivity index (χ0n) is 13.9. The number of pyridine rings is 1. The summed E-state index contributed by atoms with van der Waals surface area (Å²) < 4.78 is 11.0. The highest BCUT2D eigenvalue weighted by Gasteiger charge is 2.14. The SMILES string of the molecule is O=C(Nc1ccc2c(c1)OCCO2)c1cncc(Nc2ccccc2)c1. The van der Waals surface area contributed by atoms with Gasteiger partial charge in [0.2, 0.25) is 0 Å². The van der Waals surface area contributed by atoms with Crippen LogP contribution in [0.3, 0.4) is 0 Å². The van der Waals surface area contributed by atoms with Gasteiger partial charge < -0.3 is 20.1 Å². The summed E-state index contributed by atoms with van der Waals surface area (Å²) in [5, 5.41) is 6.08. The summed E-state index contributed by atoms with van der Waals surface area (Å²) in [6, 6.07) is 16.8. The fourth-order valence-corrected chi connectivity index (χ4v) is 2.64. The molecule has 6 nitrogen and oxygen atoms in total. The number of anilines is 3. The number of nitrogens with one attached hydrogen (secondary N) is 2. The molecule has 26 heavy (non-hydrogen) atoms. The molecule has 4 rings (SSSR count). The van der Waals surface area contributed by atoms with Crippen LogP contribution in [0.25, 0.3) is 0 Å². The Morgan fingerprint density at radius 3 is 2.50 bits per heavy atom. The number of carbonyl (C=O) groups excluding carboxylic acids is 1. The first kappa shape index (κ1) is 16.0. The van der Waals surface area contributed by atoms with Gasteiger partial charge in [-0.25, -0.2) is 0 Å². The fourth-order valence-electron chi connectivity index (χ4n) is 2.64. The van der Waals surface area contributed by atoms with Crippen LogP contribution >= 0.6 is 0 Å². The Morgan fingerprint density at radius 2 is 1.65 bits per heavy atom. The topological polar surface area (TPSA) is 72.5 Å². The molecule has 0 fully saturated rings. The van der Waals surface area contributed by atoms with Gasteiger partial charge in [-0.05, 0) is 30.3 Å². The predicted octanol–water partition coefficient (Wildman–Crippen LogP) is 3.85. The third-order valence-corrected chi connectivity index (χ3v) is 3.86. The van der Waals surface area contributed by atoms with Gasteiger partial charge in [0, 0.05) is 23.6 Å². The van der Waals surface area contributed by atoms with Crippen LogP contribution < -0.4 is 20.1 Å². The first-order valence-corrected chi connectivity index (χ1v) is 8.26. The summed E-state index contributed by atoms with van der Waals surface area (Å²) in [7, 11) is 0. The highest BCUT2D eigenvalue weighted by atomic mass is 16.6. The molecule has 1 aromatic heterocycles. The second-order valence-electron chi connectivity index (χ2n) is 5.77. The third-order valence-electron chi connectivity index (χ3n) is 3.86. The highest BCUT2D eigenvalue weighted by Crippen LogP contribution is 2.32. The van der Waals surface area contributed by atoms with E-state index >= 15 is 0 Å². The number of aromatic nitrogens is 1. The minimum atomic E-state index is -0.245. The number of ether oxygens (including phenoxy) is 2. The molecule has 2 N–H and O–H groups in total. The van der Waals surface area contributed by atoms with Gasteiger partial charge in [-0.2, -0.15) is 0 Å². The van der Waals surface area contributed by atoms with E-state index in [1.54, 1.807) is 30.5 Å². The molecule has 0 radical (unpaired) electrons. The van der Waals surface area contributed by atoms with Crippen LogP contribution in [0.1, 0.15) is 10.4 Å². The highest BCUT2D eigenvalue weighted by molar-refractivity contribution is 6.04. The molecule has 0 saturated heterocycles. The number of hydrogen-bond acceptors (Lipinski definition) is 5. The van der Waals surface area contributed by atoms with Crippen LogP contribution in [0.2, 0.25) is 0 Å². The van der Waals surface area contributed by atoms with Crippen molar-refractivity contribution in [3.8, 4) is 11.5 Å². The minimum absolute atomic E-state index is 0.245. The minimum Gasteiger partial charge on any atom is -0.486 e. The summed E-state index contributed by atoms with van der Waals surface area (Å²) in [6.07, 6.45) is 3.21. The van der Waals surface area contributed by atoms with Gasteiger partial charge >= 0.3 is 0 Å². The van der Waals surface area contributed by atoms with Crippen LogP contribution in [0, 0.1) is 0 Å². The Labute approximate surface area is 150 Å². The van der Waals surface area contributed by atoms with Crippen LogP contribution in [0.5, 0.6) is 11.5 Å². The van der Waals surface area contributed by atoms with E-state index in [-0.39, 0.29) is 5.91 Å². The number of rotatable bonds is 4. The van der Waals surface area contributed by atoms with Gasteiger partial charge in [-0.15, -0.1) is 0 Å². The van der Waals surface area contributed by atoms with E-state index in [1.165, 1.54) is 6.20 Å². The normalized spacial score (nSPS) is 12.3. The van der Waals surface area contributed by atoms with Crippen LogP contribution in [-0.2, 0) is 0 Å². The molecule has 0 saturated carbocycles. The Kier molecular flexibility index (Phi) is 4.38. The lowest BCUT2D eigenvalue weighted by Crippen LogP contribution is -2.16. The Morgan fingerprint density at radius 1 is 0.846 bits per heavy atom. The maximum absolute atomic E-state index is 12.5. The molecule has 130 valence electrons. The lowest BCUT2D eigenvalue weighted by Gasteiger charge is -2.19. The molecular formula is C20H17N3O3. The molecule has 3 aromatic rings. The molecule has 0 atom stereocenters. The number of benzene rings is 2. The van der Waals surface area contributed by atoms with Crippen molar-refractivity contribution in [1.29, 1.82) is 0 Å². The van der Waals surface area contributed by atoms with Crippen molar-refractivity contribution in [3.05, 3.63) is 72.6 Å². The van der Waals surface area contributed by atoms with Crippen molar-refractivity contribution in [1.82, 2.24) is 4.98 Å². The molecule has 0 bridgehead atoms. The molecule has 0 spiro atoms. The van der Waals surface area contributed by atoms with Crippen molar-refractivity contribution >= 4 is 23.0 Å². The summed E-state index contributed by atoms with van der Waals surface area (Å²) in [5.41, 5.74) is 2.77. The molecule has 6 heteroatoms. The summed E-state index contributed by atoms with van der Waals surface area (Å²) >= 11 is 0. The van der Waals surface area contributed by atoms with E-state index in [4.69, 9.17) is 9.47 Å². The average molecular weight is 347 g/mol. The maximum atomic E-state index is 12.5. The Balaban J connectivity index is 1.49. The lowest BCUT2D eigenvalue weighted by molar-refractivity contribution is 0.102. The van der Waals surface area contributed by atoms with Crippen molar-refractivity contribution in [3.63, 3.8) is 0 Å². The van der Waals surface area contributed by atoms with Crippen molar-refractivity contribution < 1.29 is 14.3 Å². The lowest BCUT2D eigenvalue weighted by atomic mass is 10.2. The van der Waals surface area contributed by atoms with Crippen molar-refractivity contribution in [2.45, 2.75) is 0 Å². The number of nitrogens with zero attached hydrogens (tertiary/aromatic N) is 1. The molecule has 1 aliphatic rings. The largest absolute Gasteiger partial charge is 0.486 e. The second kappa shape index (κ2) is 7.14. The standard InChI is InChI=1S/C20H17N3O3/c24-20(23-16-6-7-18-19(11-16)26-9-8-25-18)14-10-17(13-21-12-14)22-15-4-2-1-3-5-15/h1-7,10-13,22H,8-9H2,(H,23,24). The zero-order chi connectivity index (χ0) is 17.8. The zero-order valence-corrected chi connectivity index (χ0v) is 13.9. The maximum Gasteiger partial charge on any atom is 0.257 e. The molecular weight excluding hydrogens is 330 g/mol. The van der Waals surface area contributed by atoms with Gasteiger partial charge in [-0.3, -0.25) is 9.78 Å². The number of fused-ring (bicyclic) bond motifs is 1. The number of hydrogen-bond donors (Lipinski definition) is 2. The van der Waals surface area contributed by atoms with Gasteiger partial charge in [0.15, 0.2) is 11.5 Å². The fraction of sp³-hybridized carbons (Fsp3) is 0.100. The van der Waals surface area contributed by atoms with Gasteiger partial charge in [0.05, 0.1) is 17.4 Å². The number of amides is 1. The molecule has 1 aliphatic heterocycles. The Bertz CT molecular complexity index is 929. The smallest absolute Gasteiger partial charge is 0.257 e. The van der Waals surface area contributed by atoms with Crippen LogP contribution in [-0.4, -0.2) is 24.1 Å². The molecule has 1 amide bonds. The van der Waals surface area contributed by atoms with E-state index in [9.17, 15) is 4.79 Å². The monoisotopic (exact) mass is 347 g/mol. The van der Waals surface area contributed by atoms with Gasteiger partial charge in [-0.1, -0.05) is 18.2 Å². The summed E-state index contributed by atoms with van der Waals surface area (Å²) in [6.45, 7) is 1.03. The summed E-state index contributed by atoms with van der Waals surface area (Å²) in [5.74, 6) is 1.07. The summed E-state index contributed by atoms with van der Waals surface area (Å²) in [4.78, 5) is 16.7. The molecule has 0 unspecified atom stereocenters. The van der Waals surface area contributed by atoms with Crippen molar-refractivity contribution in [2.75, 3.05) is 23.8 Å². The van der Waals surface area contributed by atoms with Gasteiger partial charge in [0.1, 0.15) is 13.2 Å². The van der Waals surface area contributed by atoms with Crippen molar-refractivity contribution in [2.24, 2.45) is 0 Å². The van der Waals surface area contributed by atoms with E-state index in [0.29, 0.717) is 36.0 Å².